The predicted molar refractivity (Wildman–Crippen MR) is 69.2 cm³/mol. The van der Waals surface area contributed by atoms with Gasteiger partial charge in [0.15, 0.2) is 0 Å². The van der Waals surface area contributed by atoms with Crippen molar-refractivity contribution in [2.45, 2.75) is 39.3 Å². The zero-order valence-corrected chi connectivity index (χ0v) is 11.4. The summed E-state index contributed by atoms with van der Waals surface area (Å²) in [6.07, 6.45) is 0.512. The minimum absolute atomic E-state index is 0.108. The molecule has 1 rings (SSSR count). The molecule has 0 bridgehead atoms. The average Bonchev–Trinajstić information content (AvgIpc) is 2.65. The summed E-state index contributed by atoms with van der Waals surface area (Å²) < 4.78 is 10.3. The van der Waals surface area contributed by atoms with Crippen molar-refractivity contribution in [1.82, 2.24) is 5.32 Å². The number of hydrogen-bond acceptors (Lipinski definition) is 4. The van der Waals surface area contributed by atoms with Crippen molar-refractivity contribution < 1.29 is 13.9 Å². The Morgan fingerprint density at radius 3 is 2.72 bits per heavy atom. The number of amides is 1. The Morgan fingerprint density at radius 1 is 1.56 bits per heavy atom. The number of rotatable bonds is 6. The van der Waals surface area contributed by atoms with Gasteiger partial charge < -0.3 is 20.2 Å². The van der Waals surface area contributed by atoms with Crippen molar-refractivity contribution in [2.75, 3.05) is 13.7 Å². The highest BCUT2D eigenvalue weighted by molar-refractivity contribution is 5.81. The maximum absolute atomic E-state index is 11.8. The summed E-state index contributed by atoms with van der Waals surface area (Å²) in [7, 11) is 1.59. The van der Waals surface area contributed by atoms with Crippen LogP contribution in [0.2, 0.25) is 0 Å². The first-order valence-corrected chi connectivity index (χ1v) is 6.07. The van der Waals surface area contributed by atoms with Gasteiger partial charge in [-0.3, -0.25) is 4.79 Å². The molecule has 0 aliphatic rings. The lowest BCUT2D eigenvalue weighted by Gasteiger charge is -2.17. The second kappa shape index (κ2) is 6.56. The lowest BCUT2D eigenvalue weighted by Crippen LogP contribution is -2.42. The van der Waals surface area contributed by atoms with E-state index in [4.69, 9.17) is 14.9 Å². The Kier molecular flexibility index (Phi) is 5.37. The third-order valence-corrected chi connectivity index (χ3v) is 2.87. The van der Waals surface area contributed by atoms with Crippen LogP contribution < -0.4 is 11.1 Å². The van der Waals surface area contributed by atoms with Crippen LogP contribution in [0.15, 0.2) is 10.5 Å². The summed E-state index contributed by atoms with van der Waals surface area (Å²) in [5.74, 6) is 1.50. The smallest absolute Gasteiger partial charge is 0.237 e. The first-order valence-electron chi connectivity index (χ1n) is 6.07. The van der Waals surface area contributed by atoms with Crippen molar-refractivity contribution in [3.05, 3.63) is 23.2 Å². The molecular formula is C13H22N2O3. The van der Waals surface area contributed by atoms with Gasteiger partial charge in [-0.2, -0.15) is 0 Å². The van der Waals surface area contributed by atoms with Crippen molar-refractivity contribution in [3.8, 4) is 0 Å². The summed E-state index contributed by atoms with van der Waals surface area (Å²) in [6.45, 7) is 6.16. The van der Waals surface area contributed by atoms with Crippen molar-refractivity contribution in [2.24, 2.45) is 5.73 Å². The van der Waals surface area contributed by atoms with E-state index in [-0.39, 0.29) is 11.9 Å². The lowest BCUT2D eigenvalue weighted by molar-refractivity contribution is -0.123. The highest BCUT2D eigenvalue weighted by atomic mass is 16.5. The van der Waals surface area contributed by atoms with Crippen LogP contribution in [0, 0.1) is 13.8 Å². The maximum Gasteiger partial charge on any atom is 0.237 e. The minimum atomic E-state index is -0.541. The molecule has 102 valence electrons. The van der Waals surface area contributed by atoms with E-state index in [9.17, 15) is 4.79 Å². The topological polar surface area (TPSA) is 77.5 Å². The van der Waals surface area contributed by atoms with Crippen molar-refractivity contribution >= 4 is 5.91 Å². The third kappa shape index (κ3) is 3.85. The molecule has 1 aromatic heterocycles. The number of aryl methyl sites for hydroxylation is 2. The van der Waals surface area contributed by atoms with E-state index in [1.165, 1.54) is 0 Å². The molecule has 0 radical (unpaired) electrons. The highest BCUT2D eigenvalue weighted by Crippen LogP contribution is 2.21. The fraction of sp³-hybridized carbons (Fsp3) is 0.615. The van der Waals surface area contributed by atoms with E-state index in [0.29, 0.717) is 13.0 Å². The molecular weight excluding hydrogens is 232 g/mol. The minimum Gasteiger partial charge on any atom is -0.466 e. The van der Waals surface area contributed by atoms with Gasteiger partial charge in [0.05, 0.1) is 12.1 Å². The van der Waals surface area contributed by atoms with E-state index in [1.807, 2.05) is 26.8 Å². The summed E-state index contributed by atoms with van der Waals surface area (Å²) in [6, 6.07) is 1.28. The number of furan rings is 1. The zero-order chi connectivity index (χ0) is 13.7. The number of carbonyl (C=O) groups is 1. The SMILES string of the molecule is COCCC(N)C(=O)NC(C)c1cc(C)oc1C. The first-order chi connectivity index (χ1) is 8.45. The van der Waals surface area contributed by atoms with Gasteiger partial charge in [-0.05, 0) is 33.3 Å². The fourth-order valence-electron chi connectivity index (χ4n) is 1.85. The van der Waals surface area contributed by atoms with Crippen LogP contribution in [0.3, 0.4) is 0 Å². The quantitative estimate of drug-likeness (QED) is 0.805. The average molecular weight is 254 g/mol. The molecule has 2 atom stereocenters. The Balaban J connectivity index is 2.56. The Morgan fingerprint density at radius 2 is 2.22 bits per heavy atom. The van der Waals surface area contributed by atoms with Crippen LogP contribution in [0.5, 0.6) is 0 Å². The largest absolute Gasteiger partial charge is 0.466 e. The first kappa shape index (κ1) is 14.7. The Labute approximate surface area is 108 Å². The molecule has 0 saturated heterocycles. The number of nitrogens with two attached hydrogens (primary N) is 1. The molecule has 0 aliphatic carbocycles. The lowest BCUT2D eigenvalue weighted by atomic mass is 10.1. The van der Waals surface area contributed by atoms with E-state index in [1.54, 1.807) is 7.11 Å². The molecule has 2 unspecified atom stereocenters. The summed E-state index contributed by atoms with van der Waals surface area (Å²) in [5, 5.41) is 2.88. The van der Waals surface area contributed by atoms with Gasteiger partial charge in [0.25, 0.3) is 0 Å². The number of hydrogen-bond donors (Lipinski definition) is 2. The highest BCUT2D eigenvalue weighted by Gasteiger charge is 2.18. The number of methoxy groups -OCH3 is 1. The van der Waals surface area contributed by atoms with Crippen molar-refractivity contribution in [3.63, 3.8) is 0 Å². The van der Waals surface area contributed by atoms with Gasteiger partial charge in [0.2, 0.25) is 5.91 Å². The van der Waals surface area contributed by atoms with Crippen LogP contribution in [0.1, 0.15) is 36.5 Å². The fourth-order valence-corrected chi connectivity index (χ4v) is 1.85. The van der Waals surface area contributed by atoms with Gasteiger partial charge >= 0.3 is 0 Å². The second-order valence-corrected chi connectivity index (χ2v) is 4.49. The van der Waals surface area contributed by atoms with Crippen LogP contribution in [0.4, 0.5) is 0 Å². The Hall–Kier alpha value is -1.33. The van der Waals surface area contributed by atoms with E-state index in [2.05, 4.69) is 5.32 Å². The summed E-state index contributed by atoms with van der Waals surface area (Å²) in [5.41, 5.74) is 6.74. The molecule has 0 saturated carbocycles. The molecule has 18 heavy (non-hydrogen) atoms. The Bertz CT molecular complexity index is 401. The van der Waals surface area contributed by atoms with Gasteiger partial charge in [0.1, 0.15) is 11.5 Å². The molecule has 1 amide bonds. The van der Waals surface area contributed by atoms with E-state index in [0.717, 1.165) is 17.1 Å². The second-order valence-electron chi connectivity index (χ2n) is 4.49. The molecule has 0 spiro atoms. The molecule has 5 nitrogen and oxygen atoms in total. The van der Waals surface area contributed by atoms with Crippen molar-refractivity contribution in [1.29, 1.82) is 0 Å². The normalized spacial score (nSPS) is 14.3. The van der Waals surface area contributed by atoms with Crippen LogP contribution >= 0.6 is 0 Å². The number of nitrogens with one attached hydrogen (secondary N) is 1. The zero-order valence-electron chi connectivity index (χ0n) is 11.4. The summed E-state index contributed by atoms with van der Waals surface area (Å²) >= 11 is 0. The summed E-state index contributed by atoms with van der Waals surface area (Å²) in [4.78, 5) is 11.8. The standard InChI is InChI=1S/C13H22N2O3/c1-8-7-11(10(3)18-8)9(2)15-13(16)12(14)5-6-17-4/h7,9,12H,5-6,14H2,1-4H3,(H,15,16). The van der Waals surface area contributed by atoms with E-state index < -0.39 is 6.04 Å². The molecule has 0 fully saturated rings. The van der Waals surface area contributed by atoms with Gasteiger partial charge in [-0.15, -0.1) is 0 Å². The molecule has 0 aromatic carbocycles. The molecule has 5 heteroatoms. The van der Waals surface area contributed by atoms with Crippen LogP contribution in [0.25, 0.3) is 0 Å². The number of carbonyl (C=O) groups excluding carboxylic acids is 1. The number of ether oxygens (including phenoxy) is 1. The molecule has 0 aliphatic heterocycles. The van der Waals surface area contributed by atoms with Crippen LogP contribution in [-0.2, 0) is 9.53 Å². The molecule has 1 heterocycles. The van der Waals surface area contributed by atoms with E-state index >= 15 is 0 Å². The monoisotopic (exact) mass is 254 g/mol. The van der Waals surface area contributed by atoms with Crippen LogP contribution in [-0.4, -0.2) is 25.7 Å². The maximum atomic E-state index is 11.8. The molecule has 1 aromatic rings. The third-order valence-electron chi connectivity index (χ3n) is 2.87. The van der Waals surface area contributed by atoms with Gasteiger partial charge in [-0.1, -0.05) is 0 Å². The predicted octanol–water partition coefficient (Wildman–Crippen LogP) is 1.44. The van der Waals surface area contributed by atoms with Gasteiger partial charge in [0, 0.05) is 19.3 Å². The molecule has 3 N–H and O–H groups in total. The van der Waals surface area contributed by atoms with Gasteiger partial charge in [-0.25, -0.2) is 0 Å².